The van der Waals surface area contributed by atoms with Gasteiger partial charge in [0.05, 0.1) is 42.3 Å². The van der Waals surface area contributed by atoms with Gasteiger partial charge in [-0.05, 0) is 136 Å². The van der Waals surface area contributed by atoms with E-state index in [1.165, 1.54) is 74.9 Å². The number of hydrogen-bond donors (Lipinski definition) is 4. The largest absolute Gasteiger partial charge is 1.00 e. The molecule has 0 aliphatic heterocycles. The number of rotatable bonds is 11. The van der Waals surface area contributed by atoms with Crippen molar-refractivity contribution >= 4 is 133 Å². The van der Waals surface area contributed by atoms with Crippen molar-refractivity contribution in [2.45, 2.75) is 0 Å². The fourth-order valence-electron chi connectivity index (χ4n) is 7.48. The number of aromatic carboxylic acids is 1. The molecular weight excluding hydrogens is 1220 g/mol. The number of amides is 2. The van der Waals surface area contributed by atoms with Crippen LogP contribution < -0.4 is 45.9 Å². The van der Waals surface area contributed by atoms with Crippen molar-refractivity contribution < 1.29 is 78.4 Å². The smallest absolute Gasteiger partial charge is 0.870 e. The summed E-state index contributed by atoms with van der Waals surface area (Å²) in [5.74, 6) is -3.03. The average molecular weight is 1260 g/mol. The minimum atomic E-state index is -1.14. The Morgan fingerprint density at radius 1 is 0.398 bits per heavy atom. The summed E-state index contributed by atoms with van der Waals surface area (Å²) >= 11 is 40.2. The quantitative estimate of drug-likeness (QED) is 0.0413. The van der Waals surface area contributed by atoms with Crippen molar-refractivity contribution in [1.82, 2.24) is 0 Å². The van der Waals surface area contributed by atoms with E-state index in [1.807, 2.05) is 97.1 Å². The third-order valence-corrected chi connectivity index (χ3v) is 12.8. The molecule has 0 atom stereocenters. The fraction of sp³-hybridized carbons (Fsp3) is 0.0323. The van der Waals surface area contributed by atoms with Crippen molar-refractivity contribution in [3.63, 3.8) is 0 Å². The number of methoxy groups -OCH3 is 2. The number of carboxylic acid groups (broad SMARTS) is 1. The Bertz CT molecular complexity index is 3710. The van der Waals surface area contributed by atoms with Crippen LogP contribution in [-0.4, -0.2) is 59.8 Å². The van der Waals surface area contributed by atoms with Gasteiger partial charge in [-0.3, -0.25) is 14.4 Å². The van der Waals surface area contributed by atoms with Crippen molar-refractivity contribution in [1.29, 1.82) is 0 Å². The summed E-state index contributed by atoms with van der Waals surface area (Å²) in [6.45, 7) is 0. The molecule has 83 heavy (non-hydrogen) atoms. The van der Waals surface area contributed by atoms with Gasteiger partial charge in [-0.1, -0.05) is 179 Å². The Morgan fingerprint density at radius 2 is 0.699 bits per heavy atom. The molecule has 9 aromatic rings. The molecule has 0 aliphatic carbocycles. The zero-order valence-corrected chi connectivity index (χ0v) is 51.2. The van der Waals surface area contributed by atoms with Crippen molar-refractivity contribution in [3.8, 4) is 33.4 Å². The van der Waals surface area contributed by atoms with E-state index in [4.69, 9.17) is 91.7 Å². The summed E-state index contributed by atoms with van der Waals surface area (Å²) in [6, 6.07) is 57.6. The van der Waals surface area contributed by atoms with Crippen molar-refractivity contribution in [3.05, 3.63) is 264 Å². The number of anilines is 3. The molecule has 0 unspecified atom stereocenters. The van der Waals surface area contributed by atoms with Gasteiger partial charge in [0, 0.05) is 52.5 Å². The standard InChI is InChI=1S/C21H15Cl2NO3.C20H13Cl2NO3.C14H13NO2.C7H3Cl3O.Na.H2O/c1-27-21(26)18-8-7-14(13-5-3-2-4-6-13)11-19(18)24-20(25)15-9-16(22)12-17(23)10-15;21-15-8-14(9-16(22)11-15)19(24)23-18-10-13(6-7-17(18)20(25)26)12-4-2-1-3-5-12;1-17-14(16)12-8-7-11(9-13(12)15)10-5-3-2-4-6-10;8-5-1-4(7(10)11)2-6(9)3-5;;/h2-12H,1H3,(H,24,25);1-11H,(H,23,24)(H,25,26);2-9H,15H2,1H3;1-3H;;1H2/q;;;;+1;/p-1. The first kappa shape index (κ1) is 68.3. The molecular formula is C62H45Cl7N3NaO10. The van der Waals surface area contributed by atoms with Crippen LogP contribution in [0.1, 0.15) is 62.1 Å². The van der Waals surface area contributed by atoms with Crippen LogP contribution in [0, 0.1) is 0 Å². The first-order valence-electron chi connectivity index (χ1n) is 23.7. The monoisotopic (exact) mass is 1260 g/mol. The van der Waals surface area contributed by atoms with E-state index in [-0.39, 0.29) is 63.0 Å². The minimum Gasteiger partial charge on any atom is -0.870 e. The number of halogens is 7. The van der Waals surface area contributed by atoms with Gasteiger partial charge >= 0.3 is 47.5 Å². The van der Waals surface area contributed by atoms with Crippen molar-refractivity contribution in [2.24, 2.45) is 0 Å². The first-order valence-corrected chi connectivity index (χ1v) is 26.3. The van der Waals surface area contributed by atoms with Gasteiger partial charge in [-0.25, -0.2) is 14.4 Å². The summed E-state index contributed by atoms with van der Waals surface area (Å²) < 4.78 is 9.46. The van der Waals surface area contributed by atoms with E-state index in [0.29, 0.717) is 52.6 Å². The summed E-state index contributed by atoms with van der Waals surface area (Å²) in [4.78, 5) is 70.7. The molecule has 0 aliphatic rings. The molecule has 0 radical (unpaired) electrons. The predicted molar refractivity (Wildman–Crippen MR) is 327 cm³/mol. The Morgan fingerprint density at radius 3 is 1.02 bits per heavy atom. The van der Waals surface area contributed by atoms with E-state index in [0.717, 1.165) is 33.4 Å². The second-order valence-electron chi connectivity index (χ2n) is 16.9. The topological polar surface area (TPSA) is 221 Å². The number of nitrogen functional groups attached to an aromatic ring is 1. The molecule has 9 aromatic carbocycles. The maximum absolute atomic E-state index is 12.6. The fourth-order valence-corrected chi connectivity index (χ4v) is 9.17. The molecule has 13 nitrogen and oxygen atoms in total. The normalized spacial score (nSPS) is 9.94. The minimum absolute atomic E-state index is 0. The third-order valence-electron chi connectivity index (χ3n) is 11.3. The molecule has 0 heterocycles. The number of carbonyl (C=O) groups is 6. The molecule has 418 valence electrons. The number of hydrogen-bond acceptors (Lipinski definition) is 10. The van der Waals surface area contributed by atoms with Crippen molar-refractivity contribution in [2.75, 3.05) is 30.6 Å². The van der Waals surface area contributed by atoms with Crippen LogP contribution in [0.15, 0.2) is 200 Å². The van der Waals surface area contributed by atoms with E-state index < -0.39 is 35.0 Å². The summed E-state index contributed by atoms with van der Waals surface area (Å²) in [7, 11) is 2.63. The second-order valence-corrected chi connectivity index (χ2v) is 19.8. The molecule has 0 fully saturated rings. The third kappa shape index (κ3) is 20.3. The van der Waals surface area contributed by atoms with Crippen LogP contribution in [-0.2, 0) is 9.47 Å². The Kier molecular flexibility index (Phi) is 27.3. The summed E-state index contributed by atoms with van der Waals surface area (Å²) in [6.07, 6.45) is 0. The Labute approximate surface area is 534 Å². The maximum atomic E-state index is 12.6. The van der Waals surface area contributed by atoms with E-state index >= 15 is 0 Å². The maximum Gasteiger partial charge on any atom is 1.00 e. The van der Waals surface area contributed by atoms with Gasteiger partial charge in [0.2, 0.25) is 0 Å². The molecule has 0 spiro atoms. The number of nitrogens with one attached hydrogen (secondary N) is 2. The number of benzene rings is 9. The van der Waals surface area contributed by atoms with Gasteiger partial charge in [0.25, 0.3) is 17.1 Å². The van der Waals surface area contributed by atoms with Crippen LogP contribution in [0.5, 0.6) is 0 Å². The molecule has 6 N–H and O–H groups in total. The van der Waals surface area contributed by atoms with Crippen LogP contribution >= 0.6 is 81.2 Å². The van der Waals surface area contributed by atoms with Gasteiger partial charge in [-0.2, -0.15) is 0 Å². The molecule has 0 saturated carbocycles. The van der Waals surface area contributed by atoms with E-state index in [2.05, 4.69) is 15.4 Å². The summed E-state index contributed by atoms with van der Waals surface area (Å²) in [5, 5.41) is 16.4. The Hall–Kier alpha value is -7.21. The first-order chi connectivity index (χ1) is 38.7. The molecule has 21 heteroatoms. The van der Waals surface area contributed by atoms with Crippen LogP contribution in [0.3, 0.4) is 0 Å². The second kappa shape index (κ2) is 33.2. The van der Waals surface area contributed by atoms with Crippen LogP contribution in [0.4, 0.5) is 17.1 Å². The van der Waals surface area contributed by atoms with Gasteiger partial charge in [0.15, 0.2) is 0 Å². The van der Waals surface area contributed by atoms with E-state index in [9.17, 15) is 33.9 Å². The molecule has 9 rings (SSSR count). The molecule has 2 amide bonds. The van der Waals surface area contributed by atoms with E-state index in [1.54, 1.807) is 42.5 Å². The molecule has 0 bridgehead atoms. The van der Waals surface area contributed by atoms with Gasteiger partial charge in [-0.15, -0.1) is 0 Å². The number of esters is 2. The summed E-state index contributed by atoms with van der Waals surface area (Å²) in [5.41, 5.74) is 13.8. The van der Waals surface area contributed by atoms with Crippen LogP contribution in [0.2, 0.25) is 30.1 Å². The molecule has 0 aromatic heterocycles. The van der Waals surface area contributed by atoms with Gasteiger partial charge < -0.3 is 36.4 Å². The number of ether oxygens (including phenoxy) is 2. The Balaban J connectivity index is 0.000000247. The van der Waals surface area contributed by atoms with Crippen LogP contribution in [0.25, 0.3) is 33.4 Å². The van der Waals surface area contributed by atoms with Gasteiger partial charge in [0.1, 0.15) is 0 Å². The zero-order chi connectivity index (χ0) is 58.8. The number of carboxylic acids is 1. The number of nitrogens with two attached hydrogens (primary N) is 1. The number of carbonyl (C=O) groups excluding carboxylic acids is 5. The zero-order valence-electron chi connectivity index (χ0n) is 43.9. The predicted octanol–water partition coefficient (Wildman–Crippen LogP) is 14.2. The SMILES string of the molecule is COC(=O)c1ccc(-c2ccccc2)cc1N.COC(=O)c1ccc(-c2ccccc2)cc1NC(=O)c1cc(Cl)cc(Cl)c1.O=C(Cl)c1cc(Cl)cc(Cl)c1.O=C(Nc1cc(-c2ccccc2)ccc1C(=O)O)c1cc(Cl)cc(Cl)c1.[Na+].[OH-]. The average Bonchev–Trinajstić information content (AvgIpc) is 3.65. The molecule has 0 saturated heterocycles.